The molecule has 2 nitrogen and oxygen atoms in total. The van der Waals surface area contributed by atoms with Crippen LogP contribution in [0.3, 0.4) is 0 Å². The molecule has 2 atom stereocenters. The summed E-state index contributed by atoms with van der Waals surface area (Å²) in [5, 5.41) is 9.34. The van der Waals surface area contributed by atoms with Crippen LogP contribution in [0.25, 0.3) is 0 Å². The number of benzene rings is 1. The Morgan fingerprint density at radius 3 is 2.50 bits per heavy atom. The van der Waals surface area contributed by atoms with Crippen molar-refractivity contribution in [3.8, 4) is 0 Å². The van der Waals surface area contributed by atoms with E-state index >= 15 is 0 Å². The van der Waals surface area contributed by atoms with E-state index in [0.29, 0.717) is 0 Å². The van der Waals surface area contributed by atoms with Crippen LogP contribution in [-0.2, 0) is 4.79 Å². The van der Waals surface area contributed by atoms with Crippen molar-refractivity contribution in [2.45, 2.75) is 29.4 Å². The van der Waals surface area contributed by atoms with Gasteiger partial charge in [0.2, 0.25) is 0 Å². The van der Waals surface area contributed by atoms with E-state index < -0.39 is 10.7 Å². The molecule has 2 unspecified atom stereocenters. The third-order valence-electron chi connectivity index (χ3n) is 3.22. The highest BCUT2D eigenvalue weighted by atomic mass is 79.9. The molecule has 0 saturated heterocycles. The standard InChI is InChI=1S/C12H13BrO2S/c1-8-6-7-12(8,11(14)15)16-10-4-2-9(13)3-5-10/h2-5,8H,6-7H2,1H3,(H,14,15). The number of halogens is 1. The molecule has 0 aromatic heterocycles. The Morgan fingerprint density at radius 2 is 2.12 bits per heavy atom. The average molecular weight is 301 g/mol. The Bertz CT molecular complexity index is 404. The lowest BCUT2D eigenvalue weighted by molar-refractivity contribution is -0.144. The van der Waals surface area contributed by atoms with Crippen LogP contribution >= 0.6 is 27.7 Å². The number of thioether (sulfide) groups is 1. The molecular formula is C12H13BrO2S. The molecule has 2 rings (SSSR count). The van der Waals surface area contributed by atoms with E-state index in [9.17, 15) is 9.90 Å². The normalized spacial score (nSPS) is 28.5. The molecule has 0 aliphatic heterocycles. The van der Waals surface area contributed by atoms with E-state index in [1.807, 2.05) is 31.2 Å². The van der Waals surface area contributed by atoms with Gasteiger partial charge in [0, 0.05) is 9.37 Å². The second-order valence-electron chi connectivity index (χ2n) is 4.19. The molecule has 0 radical (unpaired) electrons. The van der Waals surface area contributed by atoms with Crippen LogP contribution < -0.4 is 0 Å². The number of aliphatic carboxylic acids is 1. The van der Waals surface area contributed by atoms with Crippen LogP contribution in [0.1, 0.15) is 19.8 Å². The lowest BCUT2D eigenvalue weighted by atomic mass is 9.74. The highest BCUT2D eigenvalue weighted by molar-refractivity contribution is 9.10. The zero-order chi connectivity index (χ0) is 11.8. The van der Waals surface area contributed by atoms with Gasteiger partial charge >= 0.3 is 5.97 Å². The van der Waals surface area contributed by atoms with Gasteiger partial charge < -0.3 is 5.11 Å². The number of carboxylic acid groups (broad SMARTS) is 1. The lowest BCUT2D eigenvalue weighted by Gasteiger charge is -2.43. The van der Waals surface area contributed by atoms with Gasteiger partial charge in [0.15, 0.2) is 0 Å². The van der Waals surface area contributed by atoms with Crippen molar-refractivity contribution in [1.29, 1.82) is 0 Å². The lowest BCUT2D eigenvalue weighted by Crippen LogP contribution is -2.49. The van der Waals surface area contributed by atoms with E-state index in [1.165, 1.54) is 11.8 Å². The first-order valence-corrected chi connectivity index (χ1v) is 6.83. The first-order valence-electron chi connectivity index (χ1n) is 5.22. The van der Waals surface area contributed by atoms with Gasteiger partial charge in [-0.3, -0.25) is 4.79 Å². The summed E-state index contributed by atoms with van der Waals surface area (Å²) < 4.78 is 0.413. The fourth-order valence-corrected chi connectivity index (χ4v) is 3.50. The molecule has 4 heteroatoms. The summed E-state index contributed by atoms with van der Waals surface area (Å²) >= 11 is 4.85. The molecular weight excluding hydrogens is 288 g/mol. The van der Waals surface area contributed by atoms with E-state index in [0.717, 1.165) is 22.2 Å². The molecule has 0 amide bonds. The van der Waals surface area contributed by atoms with Gasteiger partial charge in [-0.15, -0.1) is 11.8 Å². The Hall–Kier alpha value is -0.480. The molecule has 1 N–H and O–H groups in total. The van der Waals surface area contributed by atoms with Crippen molar-refractivity contribution >= 4 is 33.7 Å². The molecule has 1 saturated carbocycles. The Morgan fingerprint density at radius 1 is 1.50 bits per heavy atom. The predicted octanol–water partition coefficient (Wildman–Crippen LogP) is 3.79. The van der Waals surface area contributed by atoms with Crippen molar-refractivity contribution in [1.82, 2.24) is 0 Å². The third-order valence-corrected chi connectivity index (χ3v) is 5.40. The number of rotatable bonds is 3. The number of hydrogen-bond donors (Lipinski definition) is 1. The predicted molar refractivity (Wildman–Crippen MR) is 68.8 cm³/mol. The molecule has 1 aromatic carbocycles. The van der Waals surface area contributed by atoms with Gasteiger partial charge in [0.25, 0.3) is 0 Å². The van der Waals surface area contributed by atoms with Crippen LogP contribution in [0.5, 0.6) is 0 Å². The maximum atomic E-state index is 11.4. The summed E-state index contributed by atoms with van der Waals surface area (Å²) in [6.07, 6.45) is 1.78. The summed E-state index contributed by atoms with van der Waals surface area (Å²) in [4.78, 5) is 12.4. The first kappa shape index (κ1) is 12.0. The largest absolute Gasteiger partial charge is 0.480 e. The summed E-state index contributed by atoms with van der Waals surface area (Å²) in [7, 11) is 0. The van der Waals surface area contributed by atoms with E-state index in [4.69, 9.17) is 0 Å². The minimum Gasteiger partial charge on any atom is -0.480 e. The minimum atomic E-state index is -0.681. The second-order valence-corrected chi connectivity index (χ2v) is 6.51. The second kappa shape index (κ2) is 4.41. The molecule has 16 heavy (non-hydrogen) atoms. The van der Waals surface area contributed by atoms with E-state index in [-0.39, 0.29) is 5.92 Å². The fourth-order valence-electron chi connectivity index (χ4n) is 1.92. The molecule has 0 spiro atoms. The van der Waals surface area contributed by atoms with Gasteiger partial charge in [-0.2, -0.15) is 0 Å². The van der Waals surface area contributed by atoms with Crippen molar-refractivity contribution in [2.24, 2.45) is 5.92 Å². The quantitative estimate of drug-likeness (QED) is 0.923. The van der Waals surface area contributed by atoms with E-state index in [1.54, 1.807) is 0 Å². The highest BCUT2D eigenvalue weighted by Crippen LogP contribution is 2.51. The van der Waals surface area contributed by atoms with Crippen LogP contribution in [0.4, 0.5) is 0 Å². The zero-order valence-electron chi connectivity index (χ0n) is 8.94. The monoisotopic (exact) mass is 300 g/mol. The molecule has 1 fully saturated rings. The summed E-state index contributed by atoms with van der Waals surface area (Å²) in [6, 6.07) is 7.82. The van der Waals surface area contributed by atoms with Gasteiger partial charge in [-0.25, -0.2) is 0 Å². The van der Waals surface area contributed by atoms with Gasteiger partial charge in [-0.05, 0) is 43.0 Å². The summed E-state index contributed by atoms with van der Waals surface area (Å²) in [6.45, 7) is 2.02. The minimum absolute atomic E-state index is 0.249. The topological polar surface area (TPSA) is 37.3 Å². The molecule has 1 aromatic rings. The molecule has 0 bridgehead atoms. The smallest absolute Gasteiger partial charge is 0.320 e. The van der Waals surface area contributed by atoms with Crippen LogP contribution in [-0.4, -0.2) is 15.8 Å². The van der Waals surface area contributed by atoms with Crippen LogP contribution in [0.15, 0.2) is 33.6 Å². The first-order chi connectivity index (χ1) is 7.54. The van der Waals surface area contributed by atoms with Crippen LogP contribution in [0, 0.1) is 5.92 Å². The Labute approximate surface area is 108 Å². The SMILES string of the molecule is CC1CCC1(Sc1ccc(Br)cc1)C(=O)O. The number of carbonyl (C=O) groups is 1. The van der Waals surface area contributed by atoms with Crippen molar-refractivity contribution in [3.63, 3.8) is 0 Å². The average Bonchev–Trinajstić information content (AvgIpc) is 2.25. The molecule has 86 valence electrons. The van der Waals surface area contributed by atoms with Gasteiger partial charge in [-0.1, -0.05) is 22.9 Å². The summed E-state index contributed by atoms with van der Waals surface area (Å²) in [5.74, 6) is -0.433. The Kier molecular flexibility index (Phi) is 3.31. The zero-order valence-corrected chi connectivity index (χ0v) is 11.3. The highest BCUT2D eigenvalue weighted by Gasteiger charge is 2.51. The fraction of sp³-hybridized carbons (Fsp3) is 0.417. The van der Waals surface area contributed by atoms with Gasteiger partial charge in [0.1, 0.15) is 4.75 Å². The molecule has 1 aliphatic rings. The molecule has 0 heterocycles. The number of hydrogen-bond acceptors (Lipinski definition) is 2. The van der Waals surface area contributed by atoms with Crippen molar-refractivity contribution < 1.29 is 9.90 Å². The van der Waals surface area contributed by atoms with Crippen molar-refractivity contribution in [2.75, 3.05) is 0 Å². The van der Waals surface area contributed by atoms with E-state index in [2.05, 4.69) is 15.9 Å². The maximum Gasteiger partial charge on any atom is 0.320 e. The number of carboxylic acids is 1. The molecule has 1 aliphatic carbocycles. The van der Waals surface area contributed by atoms with Crippen LogP contribution in [0.2, 0.25) is 0 Å². The maximum absolute atomic E-state index is 11.4. The Balaban J connectivity index is 2.19. The van der Waals surface area contributed by atoms with Crippen molar-refractivity contribution in [3.05, 3.63) is 28.7 Å². The third kappa shape index (κ3) is 2.00. The van der Waals surface area contributed by atoms with Gasteiger partial charge in [0.05, 0.1) is 0 Å². The summed E-state index contributed by atoms with van der Waals surface area (Å²) in [5.41, 5.74) is 0.